The third kappa shape index (κ3) is 6.26. The van der Waals surface area contributed by atoms with Gasteiger partial charge in [-0.2, -0.15) is 0 Å². The SMILES string of the molecule is CC(C)(C)c1ccc(N(c2ccc(C(C)(C)C)cc2)c2ccc3c(c2)N(c2ccccc2)c2cc(C(C)(C)C)cc4c2B3c2nc3ccc(C(C)(C)C)cc3n2-4)cc1. The molecule has 7 aromatic rings. The van der Waals surface area contributed by atoms with Gasteiger partial charge in [0.2, 0.25) is 0 Å². The number of rotatable bonds is 4. The second kappa shape index (κ2) is 13.0. The minimum absolute atomic E-state index is 0.0147. The van der Waals surface area contributed by atoms with E-state index in [0.717, 1.165) is 34.0 Å². The lowest BCUT2D eigenvalue weighted by molar-refractivity contribution is 0.589. The van der Waals surface area contributed by atoms with Gasteiger partial charge in [0.25, 0.3) is 6.71 Å². The van der Waals surface area contributed by atoms with Crippen LogP contribution in [0.3, 0.4) is 0 Å². The maximum Gasteiger partial charge on any atom is 0.294 e. The molecule has 0 radical (unpaired) electrons. The molecule has 0 saturated carbocycles. The molecule has 6 aromatic carbocycles. The van der Waals surface area contributed by atoms with Gasteiger partial charge >= 0.3 is 0 Å². The molecule has 1 aromatic heterocycles. The molecule has 0 atom stereocenters. The monoisotopic (exact) mass is 760 g/mol. The highest BCUT2D eigenvalue weighted by Gasteiger charge is 2.46. The van der Waals surface area contributed by atoms with Crippen molar-refractivity contribution >= 4 is 68.5 Å². The molecule has 0 unspecified atom stereocenters. The molecular formula is C53H57BN4. The van der Waals surface area contributed by atoms with Gasteiger partial charge in [0.05, 0.1) is 16.8 Å². The summed E-state index contributed by atoms with van der Waals surface area (Å²) >= 11 is 0. The lowest BCUT2D eigenvalue weighted by Gasteiger charge is -2.37. The number of fused-ring (bicyclic) bond motifs is 7. The fourth-order valence-electron chi connectivity index (χ4n) is 8.91. The highest BCUT2D eigenvalue weighted by atomic mass is 15.2. The van der Waals surface area contributed by atoms with Crippen molar-refractivity contribution in [2.24, 2.45) is 0 Å². The van der Waals surface area contributed by atoms with E-state index >= 15 is 0 Å². The summed E-state index contributed by atoms with van der Waals surface area (Å²) in [7, 11) is 0. The van der Waals surface area contributed by atoms with Gasteiger partial charge in [-0.05, 0) is 128 Å². The summed E-state index contributed by atoms with van der Waals surface area (Å²) < 4.78 is 2.48. The van der Waals surface area contributed by atoms with Crippen LogP contribution in [0.25, 0.3) is 16.7 Å². The van der Waals surface area contributed by atoms with E-state index in [9.17, 15) is 0 Å². The van der Waals surface area contributed by atoms with E-state index in [2.05, 4.69) is 225 Å². The van der Waals surface area contributed by atoms with Crippen LogP contribution < -0.4 is 26.4 Å². The van der Waals surface area contributed by atoms with E-state index in [0.29, 0.717) is 0 Å². The number of anilines is 6. The van der Waals surface area contributed by atoms with E-state index in [1.54, 1.807) is 0 Å². The molecule has 5 heteroatoms. The van der Waals surface area contributed by atoms with Crippen molar-refractivity contribution in [3.63, 3.8) is 0 Å². The van der Waals surface area contributed by atoms with Gasteiger partial charge in [0.15, 0.2) is 0 Å². The summed E-state index contributed by atoms with van der Waals surface area (Å²) in [6.07, 6.45) is 0. The van der Waals surface area contributed by atoms with Crippen LogP contribution >= 0.6 is 0 Å². The van der Waals surface area contributed by atoms with Gasteiger partial charge in [-0.15, -0.1) is 0 Å². The topological polar surface area (TPSA) is 24.3 Å². The largest absolute Gasteiger partial charge is 0.311 e. The Labute approximate surface area is 346 Å². The molecule has 4 nitrogen and oxygen atoms in total. The molecule has 0 fully saturated rings. The fourth-order valence-corrected chi connectivity index (χ4v) is 8.91. The molecule has 58 heavy (non-hydrogen) atoms. The zero-order valence-electron chi connectivity index (χ0n) is 36.5. The second-order valence-corrected chi connectivity index (χ2v) is 20.7. The maximum atomic E-state index is 5.49. The van der Waals surface area contributed by atoms with Crippen molar-refractivity contribution in [1.29, 1.82) is 0 Å². The Morgan fingerprint density at radius 3 is 1.53 bits per heavy atom. The minimum Gasteiger partial charge on any atom is -0.311 e. The maximum absolute atomic E-state index is 5.49. The van der Waals surface area contributed by atoms with Crippen LogP contribution in [0.4, 0.5) is 34.1 Å². The highest BCUT2D eigenvalue weighted by molar-refractivity contribution is 6.99. The van der Waals surface area contributed by atoms with Crippen LogP contribution in [0.15, 0.2) is 127 Å². The number of para-hydroxylation sites is 1. The van der Waals surface area contributed by atoms with Crippen molar-refractivity contribution in [1.82, 2.24) is 9.55 Å². The number of aromatic nitrogens is 2. The number of hydrogen-bond donors (Lipinski definition) is 0. The molecule has 0 aliphatic carbocycles. The Morgan fingerprint density at radius 2 is 0.983 bits per heavy atom. The standard InChI is InChI=1S/C53H57BN4/c1-50(2,3)34-18-23-39(24-19-34)56(40-25-20-35(21-26-40)51(4,5)6)41-27-28-42-44(33-41)57(38-16-14-13-15-17-38)46-31-37(53(10,11)12)32-47-48(46)54(42)49-55-43-29-22-36(52(7,8)9)30-45(43)58(47)49/h13-33H,1-12H3. The first-order chi connectivity index (χ1) is 27.3. The molecular weight excluding hydrogens is 703 g/mol. The zero-order valence-corrected chi connectivity index (χ0v) is 36.5. The first kappa shape index (κ1) is 38.0. The molecule has 2 aliphatic rings. The molecule has 0 saturated heterocycles. The summed E-state index contributed by atoms with van der Waals surface area (Å²) in [5, 5.41) is 0. The number of benzene rings is 6. The number of imidazole rings is 1. The Balaban J connectivity index is 1.32. The molecule has 0 N–H and O–H groups in total. The van der Waals surface area contributed by atoms with Gasteiger partial charge in [0, 0.05) is 39.8 Å². The highest BCUT2D eigenvalue weighted by Crippen LogP contribution is 2.45. The van der Waals surface area contributed by atoms with Gasteiger partial charge < -0.3 is 14.4 Å². The summed E-state index contributed by atoms with van der Waals surface area (Å²) in [5.74, 6) is 0. The van der Waals surface area contributed by atoms with Gasteiger partial charge in [0.1, 0.15) is 0 Å². The predicted octanol–water partition coefficient (Wildman–Crippen LogP) is 12.3. The smallest absolute Gasteiger partial charge is 0.294 e. The average Bonchev–Trinajstić information content (AvgIpc) is 3.70. The summed E-state index contributed by atoms with van der Waals surface area (Å²) in [6, 6.07) is 48.1. The van der Waals surface area contributed by atoms with Crippen LogP contribution in [0.1, 0.15) is 105 Å². The lowest BCUT2D eigenvalue weighted by atomic mass is 9.39. The van der Waals surface area contributed by atoms with E-state index < -0.39 is 0 Å². The van der Waals surface area contributed by atoms with E-state index in [4.69, 9.17) is 4.98 Å². The Hall–Kier alpha value is -5.55. The second-order valence-electron chi connectivity index (χ2n) is 20.7. The summed E-state index contributed by atoms with van der Waals surface area (Å²) in [5.41, 5.74) is 19.4. The molecule has 0 bridgehead atoms. The molecule has 0 amide bonds. The summed E-state index contributed by atoms with van der Waals surface area (Å²) in [4.78, 5) is 10.4. The summed E-state index contributed by atoms with van der Waals surface area (Å²) in [6.45, 7) is 27.5. The van der Waals surface area contributed by atoms with Crippen LogP contribution in [-0.2, 0) is 21.7 Å². The van der Waals surface area contributed by atoms with Crippen molar-refractivity contribution in [3.05, 3.63) is 150 Å². The van der Waals surface area contributed by atoms with Crippen LogP contribution in [-0.4, -0.2) is 16.3 Å². The van der Waals surface area contributed by atoms with Crippen molar-refractivity contribution in [3.8, 4) is 5.69 Å². The van der Waals surface area contributed by atoms with Crippen molar-refractivity contribution in [2.45, 2.75) is 105 Å². The molecule has 9 rings (SSSR count). The molecule has 2 aliphatic heterocycles. The minimum atomic E-state index is -0.0730. The van der Waals surface area contributed by atoms with Crippen LogP contribution in [0, 0.1) is 0 Å². The first-order valence-corrected chi connectivity index (χ1v) is 21.0. The quantitative estimate of drug-likeness (QED) is 0.167. The lowest BCUT2D eigenvalue weighted by Crippen LogP contribution is -2.55. The van der Waals surface area contributed by atoms with Gasteiger partial charge in [-0.3, -0.25) is 0 Å². The van der Waals surface area contributed by atoms with Crippen LogP contribution in [0.5, 0.6) is 0 Å². The third-order valence-corrected chi connectivity index (χ3v) is 12.4. The van der Waals surface area contributed by atoms with Crippen molar-refractivity contribution in [2.75, 3.05) is 9.80 Å². The Bertz CT molecular complexity index is 2640. The van der Waals surface area contributed by atoms with E-state index in [1.165, 1.54) is 55.8 Å². The van der Waals surface area contributed by atoms with E-state index in [-0.39, 0.29) is 28.4 Å². The molecule has 292 valence electrons. The Kier molecular flexibility index (Phi) is 8.50. The molecule has 3 heterocycles. The van der Waals surface area contributed by atoms with Crippen molar-refractivity contribution < 1.29 is 0 Å². The van der Waals surface area contributed by atoms with Gasteiger partial charge in [-0.1, -0.05) is 138 Å². The van der Waals surface area contributed by atoms with Crippen LogP contribution in [0.2, 0.25) is 0 Å². The third-order valence-electron chi connectivity index (χ3n) is 12.4. The van der Waals surface area contributed by atoms with Gasteiger partial charge in [-0.25, -0.2) is 4.98 Å². The van der Waals surface area contributed by atoms with E-state index in [1.807, 2.05) is 0 Å². The Morgan fingerprint density at radius 1 is 0.466 bits per heavy atom. The average molecular weight is 761 g/mol. The molecule has 0 spiro atoms. The normalized spacial score (nSPS) is 13.8. The zero-order chi connectivity index (χ0) is 41.1. The first-order valence-electron chi connectivity index (χ1n) is 21.0. The predicted molar refractivity (Wildman–Crippen MR) is 250 cm³/mol. The number of hydrogen-bond acceptors (Lipinski definition) is 3. The fraction of sp³-hybridized carbons (Fsp3) is 0.302. The number of nitrogens with zero attached hydrogens (tertiary/aromatic N) is 4.